The number of benzene rings is 2. The fourth-order valence-electron chi connectivity index (χ4n) is 3.14. The van der Waals surface area contributed by atoms with Gasteiger partial charge in [0.2, 0.25) is 0 Å². The number of thioether (sulfide) groups is 1. The Morgan fingerprint density at radius 2 is 1.86 bits per heavy atom. The summed E-state index contributed by atoms with van der Waals surface area (Å²) in [6.45, 7) is 2.53. The number of hydrogen-bond acceptors (Lipinski definition) is 5. The normalized spacial score (nSPS) is 10.9. The summed E-state index contributed by atoms with van der Waals surface area (Å²) in [6.07, 6.45) is 0. The van der Waals surface area contributed by atoms with Crippen LogP contribution in [0, 0.1) is 18.3 Å². The Kier molecular flexibility index (Phi) is 5.09. The summed E-state index contributed by atoms with van der Waals surface area (Å²) in [5, 5.41) is 10.6. The SMILES string of the molecule is COc1ccc(OCCSc2cc(C)c(C#N)c3nc4ccccc4n23)cc1. The third kappa shape index (κ3) is 3.37. The maximum atomic E-state index is 9.57. The highest BCUT2D eigenvalue weighted by Gasteiger charge is 2.15. The molecule has 4 aromatic rings. The van der Waals surface area contributed by atoms with E-state index in [2.05, 4.69) is 21.5 Å². The minimum absolute atomic E-state index is 0.574. The molecule has 0 spiro atoms. The summed E-state index contributed by atoms with van der Waals surface area (Å²) >= 11 is 1.69. The predicted octanol–water partition coefficient (Wildman–Crippen LogP) is 4.85. The zero-order valence-electron chi connectivity index (χ0n) is 15.7. The van der Waals surface area contributed by atoms with E-state index in [4.69, 9.17) is 9.47 Å². The molecule has 5 nitrogen and oxygen atoms in total. The molecule has 0 saturated heterocycles. The maximum Gasteiger partial charge on any atom is 0.157 e. The van der Waals surface area contributed by atoms with Crippen molar-refractivity contribution in [3.8, 4) is 17.6 Å². The molecule has 28 heavy (non-hydrogen) atoms. The van der Waals surface area contributed by atoms with Gasteiger partial charge in [-0.3, -0.25) is 4.40 Å². The number of pyridine rings is 1. The number of fused-ring (bicyclic) bond motifs is 3. The second-order valence-electron chi connectivity index (χ2n) is 6.28. The molecule has 2 aromatic carbocycles. The number of aryl methyl sites for hydroxylation is 1. The lowest BCUT2D eigenvalue weighted by Crippen LogP contribution is -2.02. The second-order valence-corrected chi connectivity index (χ2v) is 7.40. The van der Waals surface area contributed by atoms with Crippen molar-refractivity contribution in [2.45, 2.75) is 11.9 Å². The van der Waals surface area contributed by atoms with E-state index in [1.807, 2.05) is 55.5 Å². The maximum absolute atomic E-state index is 9.57. The highest BCUT2D eigenvalue weighted by atomic mass is 32.2. The Balaban J connectivity index is 1.57. The molecule has 0 N–H and O–H groups in total. The number of rotatable bonds is 6. The Hall–Kier alpha value is -3.17. The molecule has 140 valence electrons. The lowest BCUT2D eigenvalue weighted by Gasteiger charge is -2.11. The van der Waals surface area contributed by atoms with Gasteiger partial charge in [-0.05, 0) is 55.0 Å². The first-order chi connectivity index (χ1) is 13.7. The Morgan fingerprint density at radius 3 is 2.61 bits per heavy atom. The Morgan fingerprint density at radius 1 is 1.11 bits per heavy atom. The number of nitrogens with zero attached hydrogens (tertiary/aromatic N) is 3. The first-order valence-corrected chi connectivity index (χ1v) is 9.90. The first kappa shape index (κ1) is 18.2. The van der Waals surface area contributed by atoms with Crippen LogP contribution >= 0.6 is 11.8 Å². The van der Waals surface area contributed by atoms with Gasteiger partial charge < -0.3 is 9.47 Å². The number of imidazole rings is 1. The average molecular weight is 389 g/mol. The average Bonchev–Trinajstić information content (AvgIpc) is 3.11. The van der Waals surface area contributed by atoms with Gasteiger partial charge in [0.1, 0.15) is 17.6 Å². The monoisotopic (exact) mass is 389 g/mol. The lowest BCUT2D eigenvalue weighted by atomic mass is 10.2. The molecule has 2 heterocycles. The van der Waals surface area contributed by atoms with E-state index in [0.29, 0.717) is 17.8 Å². The van der Waals surface area contributed by atoms with E-state index in [1.165, 1.54) is 0 Å². The molecule has 0 radical (unpaired) electrons. The summed E-state index contributed by atoms with van der Waals surface area (Å²) < 4.78 is 13.1. The molecule has 0 unspecified atom stereocenters. The summed E-state index contributed by atoms with van der Waals surface area (Å²) in [5.74, 6) is 2.40. The summed E-state index contributed by atoms with van der Waals surface area (Å²) in [4.78, 5) is 4.68. The molecule has 0 bridgehead atoms. The molecule has 0 atom stereocenters. The number of nitriles is 1. The van der Waals surface area contributed by atoms with Gasteiger partial charge in [-0.25, -0.2) is 4.98 Å². The molecule has 2 aromatic heterocycles. The first-order valence-electron chi connectivity index (χ1n) is 8.92. The summed E-state index contributed by atoms with van der Waals surface area (Å²) in [6, 6.07) is 19.9. The lowest BCUT2D eigenvalue weighted by molar-refractivity contribution is 0.342. The van der Waals surface area contributed by atoms with Crippen LogP contribution < -0.4 is 9.47 Å². The van der Waals surface area contributed by atoms with Gasteiger partial charge in [-0.15, -0.1) is 11.8 Å². The van der Waals surface area contributed by atoms with E-state index in [1.54, 1.807) is 18.9 Å². The van der Waals surface area contributed by atoms with E-state index >= 15 is 0 Å². The van der Waals surface area contributed by atoms with Crippen LogP contribution in [0.15, 0.2) is 59.6 Å². The second kappa shape index (κ2) is 7.83. The van der Waals surface area contributed by atoms with Crippen LogP contribution in [0.2, 0.25) is 0 Å². The van der Waals surface area contributed by atoms with E-state index in [9.17, 15) is 5.26 Å². The minimum Gasteiger partial charge on any atom is -0.497 e. The molecule has 0 aliphatic carbocycles. The van der Waals surface area contributed by atoms with Gasteiger partial charge in [-0.2, -0.15) is 5.26 Å². The van der Waals surface area contributed by atoms with E-state index in [-0.39, 0.29) is 0 Å². The van der Waals surface area contributed by atoms with Crippen LogP contribution in [0.4, 0.5) is 0 Å². The van der Waals surface area contributed by atoms with Gasteiger partial charge in [0.05, 0.1) is 35.3 Å². The van der Waals surface area contributed by atoms with Crippen LogP contribution in [0.5, 0.6) is 11.5 Å². The topological polar surface area (TPSA) is 59.5 Å². The minimum atomic E-state index is 0.574. The molecule has 6 heteroatoms. The van der Waals surface area contributed by atoms with Crippen molar-refractivity contribution in [3.63, 3.8) is 0 Å². The standard InChI is InChI=1S/C22H19N3O2S/c1-15-13-21(28-12-11-27-17-9-7-16(26-2)8-10-17)25-20-6-4-3-5-19(20)24-22(25)18(15)14-23/h3-10,13H,11-12H2,1-2H3. The molecule has 0 amide bonds. The number of methoxy groups -OCH3 is 1. The van der Waals surface area contributed by atoms with Crippen molar-refractivity contribution in [2.24, 2.45) is 0 Å². The summed E-state index contributed by atoms with van der Waals surface area (Å²) in [7, 11) is 1.65. The molecular weight excluding hydrogens is 370 g/mol. The molecule has 4 rings (SSSR count). The molecular formula is C22H19N3O2S. The van der Waals surface area contributed by atoms with Crippen LogP contribution in [0.1, 0.15) is 11.1 Å². The van der Waals surface area contributed by atoms with Gasteiger partial charge in [0.15, 0.2) is 5.65 Å². The zero-order chi connectivity index (χ0) is 19.5. The van der Waals surface area contributed by atoms with Crippen LogP contribution in [0.3, 0.4) is 0 Å². The van der Waals surface area contributed by atoms with Crippen LogP contribution in [-0.4, -0.2) is 28.9 Å². The number of hydrogen-bond donors (Lipinski definition) is 0. The van der Waals surface area contributed by atoms with Crippen molar-refractivity contribution in [2.75, 3.05) is 19.5 Å². The third-order valence-corrected chi connectivity index (χ3v) is 5.48. The Bertz CT molecular complexity index is 1180. The van der Waals surface area contributed by atoms with Crippen molar-refractivity contribution in [1.29, 1.82) is 5.26 Å². The van der Waals surface area contributed by atoms with E-state index in [0.717, 1.165) is 38.9 Å². The van der Waals surface area contributed by atoms with E-state index < -0.39 is 0 Å². The predicted molar refractivity (Wildman–Crippen MR) is 111 cm³/mol. The quantitative estimate of drug-likeness (QED) is 0.349. The van der Waals surface area contributed by atoms with Gasteiger partial charge in [0.25, 0.3) is 0 Å². The van der Waals surface area contributed by atoms with Crippen molar-refractivity contribution >= 4 is 28.4 Å². The van der Waals surface area contributed by atoms with Crippen LogP contribution in [0.25, 0.3) is 16.7 Å². The Labute approximate surface area is 167 Å². The van der Waals surface area contributed by atoms with Gasteiger partial charge >= 0.3 is 0 Å². The highest BCUT2D eigenvalue weighted by Crippen LogP contribution is 2.29. The van der Waals surface area contributed by atoms with Gasteiger partial charge in [0, 0.05) is 5.75 Å². The number of ether oxygens (including phenoxy) is 2. The highest BCUT2D eigenvalue weighted by molar-refractivity contribution is 7.99. The molecule has 0 aliphatic rings. The molecule has 0 saturated carbocycles. The fourth-order valence-corrected chi connectivity index (χ4v) is 4.09. The molecule has 0 aliphatic heterocycles. The fraction of sp³-hybridized carbons (Fsp3) is 0.182. The van der Waals surface area contributed by atoms with Crippen LogP contribution in [-0.2, 0) is 0 Å². The summed E-state index contributed by atoms with van der Waals surface area (Å²) in [5.41, 5.74) is 4.16. The van der Waals surface area contributed by atoms with Crippen molar-refractivity contribution in [1.82, 2.24) is 9.38 Å². The zero-order valence-corrected chi connectivity index (χ0v) is 16.5. The molecule has 0 fully saturated rings. The van der Waals surface area contributed by atoms with Gasteiger partial charge in [-0.1, -0.05) is 12.1 Å². The smallest absolute Gasteiger partial charge is 0.157 e. The van der Waals surface area contributed by atoms with Crippen molar-refractivity contribution < 1.29 is 9.47 Å². The third-order valence-electron chi connectivity index (χ3n) is 4.51. The number of aromatic nitrogens is 2. The largest absolute Gasteiger partial charge is 0.497 e. The van der Waals surface area contributed by atoms with Crippen molar-refractivity contribution in [3.05, 3.63) is 65.7 Å². The number of para-hydroxylation sites is 2.